The molecular weight excluding hydrogens is 336 g/mol. The van der Waals surface area contributed by atoms with E-state index in [1.165, 1.54) is 0 Å². The SMILES string of the molecule is CCNC(=O)C(CC)N(Cc1ccccc1)C(=O)Cc1cc(C)cc(C)c1. The topological polar surface area (TPSA) is 49.4 Å². The third-order valence-electron chi connectivity index (χ3n) is 4.57. The van der Waals surface area contributed by atoms with Gasteiger partial charge < -0.3 is 10.2 Å². The molecule has 1 N–H and O–H groups in total. The maximum absolute atomic E-state index is 13.2. The number of benzene rings is 2. The summed E-state index contributed by atoms with van der Waals surface area (Å²) in [7, 11) is 0. The highest BCUT2D eigenvalue weighted by atomic mass is 16.2. The third kappa shape index (κ3) is 5.95. The monoisotopic (exact) mass is 366 g/mol. The standard InChI is InChI=1S/C23H30N2O2/c1-5-21(23(27)24-6-2)25(16-19-10-8-7-9-11-19)22(26)15-20-13-17(3)12-18(4)14-20/h7-14,21H,5-6,15-16H2,1-4H3,(H,24,27). The fourth-order valence-electron chi connectivity index (χ4n) is 3.44. The summed E-state index contributed by atoms with van der Waals surface area (Å²) < 4.78 is 0. The number of amides is 2. The van der Waals surface area contributed by atoms with Crippen LogP contribution in [0, 0.1) is 13.8 Å². The van der Waals surface area contributed by atoms with Crippen molar-refractivity contribution in [3.05, 3.63) is 70.8 Å². The predicted octanol–water partition coefficient (Wildman–Crippen LogP) is 3.79. The van der Waals surface area contributed by atoms with Crippen LogP contribution >= 0.6 is 0 Å². The van der Waals surface area contributed by atoms with Crippen LogP contribution in [-0.4, -0.2) is 29.3 Å². The normalized spacial score (nSPS) is 11.7. The van der Waals surface area contributed by atoms with Gasteiger partial charge in [0.1, 0.15) is 6.04 Å². The molecule has 0 saturated carbocycles. The number of carbonyl (C=O) groups excluding carboxylic acids is 2. The van der Waals surface area contributed by atoms with Gasteiger partial charge in [-0.15, -0.1) is 0 Å². The zero-order chi connectivity index (χ0) is 19.8. The van der Waals surface area contributed by atoms with Gasteiger partial charge in [0, 0.05) is 13.1 Å². The molecule has 0 heterocycles. The number of rotatable bonds is 8. The van der Waals surface area contributed by atoms with E-state index in [0.717, 1.165) is 22.3 Å². The second-order valence-electron chi connectivity index (χ2n) is 7.00. The van der Waals surface area contributed by atoms with E-state index < -0.39 is 6.04 Å². The van der Waals surface area contributed by atoms with Gasteiger partial charge in [-0.2, -0.15) is 0 Å². The Morgan fingerprint density at radius 3 is 2.15 bits per heavy atom. The van der Waals surface area contributed by atoms with Crippen LogP contribution in [0.3, 0.4) is 0 Å². The number of nitrogens with one attached hydrogen (secondary N) is 1. The van der Waals surface area contributed by atoms with E-state index in [1.54, 1.807) is 4.90 Å². The highest BCUT2D eigenvalue weighted by molar-refractivity contribution is 5.88. The lowest BCUT2D eigenvalue weighted by atomic mass is 10.0. The van der Waals surface area contributed by atoms with E-state index in [-0.39, 0.29) is 11.8 Å². The minimum absolute atomic E-state index is 0.0260. The Morgan fingerprint density at radius 2 is 1.59 bits per heavy atom. The van der Waals surface area contributed by atoms with Crippen molar-refractivity contribution in [2.24, 2.45) is 0 Å². The average molecular weight is 367 g/mol. The van der Waals surface area contributed by atoms with Gasteiger partial charge in [-0.3, -0.25) is 9.59 Å². The molecule has 27 heavy (non-hydrogen) atoms. The second kappa shape index (κ2) is 9.91. The zero-order valence-electron chi connectivity index (χ0n) is 16.8. The van der Waals surface area contributed by atoms with Crippen LogP contribution in [0.15, 0.2) is 48.5 Å². The maximum atomic E-state index is 13.2. The first-order valence-corrected chi connectivity index (χ1v) is 9.62. The molecule has 0 spiro atoms. The molecule has 2 aromatic carbocycles. The molecule has 2 rings (SSSR count). The third-order valence-corrected chi connectivity index (χ3v) is 4.57. The number of hydrogen-bond acceptors (Lipinski definition) is 2. The number of aryl methyl sites for hydroxylation is 2. The average Bonchev–Trinajstić information content (AvgIpc) is 2.61. The highest BCUT2D eigenvalue weighted by Crippen LogP contribution is 2.16. The highest BCUT2D eigenvalue weighted by Gasteiger charge is 2.28. The summed E-state index contributed by atoms with van der Waals surface area (Å²) in [6, 6.07) is 15.5. The van der Waals surface area contributed by atoms with Crippen LogP contribution in [0.1, 0.15) is 42.5 Å². The molecule has 0 aliphatic rings. The van der Waals surface area contributed by atoms with E-state index >= 15 is 0 Å². The summed E-state index contributed by atoms with van der Waals surface area (Å²) >= 11 is 0. The van der Waals surface area contributed by atoms with Crippen LogP contribution in [0.25, 0.3) is 0 Å². The summed E-state index contributed by atoms with van der Waals surface area (Å²) in [6.45, 7) is 8.89. The summed E-state index contributed by atoms with van der Waals surface area (Å²) in [5.41, 5.74) is 4.29. The molecule has 2 amide bonds. The molecule has 4 nitrogen and oxygen atoms in total. The van der Waals surface area contributed by atoms with Gasteiger partial charge in [-0.05, 0) is 38.3 Å². The first-order chi connectivity index (χ1) is 12.9. The number of hydrogen-bond donors (Lipinski definition) is 1. The molecular formula is C23H30N2O2. The summed E-state index contributed by atoms with van der Waals surface area (Å²) in [5.74, 6) is -0.119. The molecule has 1 atom stereocenters. The van der Waals surface area contributed by atoms with Crippen LogP contribution in [0.5, 0.6) is 0 Å². The molecule has 0 saturated heterocycles. The van der Waals surface area contributed by atoms with Crippen molar-refractivity contribution in [2.45, 2.75) is 53.1 Å². The van der Waals surface area contributed by atoms with E-state index in [1.807, 2.05) is 70.2 Å². The lowest BCUT2D eigenvalue weighted by molar-refractivity contribution is -0.140. The fourth-order valence-corrected chi connectivity index (χ4v) is 3.44. The molecule has 0 radical (unpaired) electrons. The van der Waals surface area contributed by atoms with E-state index in [9.17, 15) is 9.59 Å². The van der Waals surface area contributed by atoms with Gasteiger partial charge in [-0.25, -0.2) is 0 Å². The molecule has 0 fully saturated rings. The zero-order valence-corrected chi connectivity index (χ0v) is 16.8. The quantitative estimate of drug-likeness (QED) is 0.773. The van der Waals surface area contributed by atoms with Crippen LogP contribution in [0.4, 0.5) is 0 Å². The van der Waals surface area contributed by atoms with Gasteiger partial charge in [0.15, 0.2) is 0 Å². The Kier molecular flexibility index (Phi) is 7.59. The van der Waals surface area contributed by atoms with Gasteiger partial charge in [0.2, 0.25) is 11.8 Å². The van der Waals surface area contributed by atoms with Gasteiger partial charge >= 0.3 is 0 Å². The minimum Gasteiger partial charge on any atom is -0.355 e. The lowest BCUT2D eigenvalue weighted by Crippen LogP contribution is -2.49. The minimum atomic E-state index is -0.469. The Labute approximate surface area is 162 Å². The summed E-state index contributed by atoms with van der Waals surface area (Å²) in [5, 5.41) is 2.87. The smallest absolute Gasteiger partial charge is 0.242 e. The first-order valence-electron chi connectivity index (χ1n) is 9.62. The van der Waals surface area contributed by atoms with Gasteiger partial charge in [0.05, 0.1) is 6.42 Å². The molecule has 0 aromatic heterocycles. The lowest BCUT2D eigenvalue weighted by Gasteiger charge is -2.30. The van der Waals surface area contributed by atoms with Gasteiger partial charge in [0.25, 0.3) is 0 Å². The Bertz CT molecular complexity index is 751. The fraction of sp³-hybridized carbons (Fsp3) is 0.391. The van der Waals surface area contributed by atoms with Crippen molar-refractivity contribution in [3.63, 3.8) is 0 Å². The molecule has 144 valence electrons. The Morgan fingerprint density at radius 1 is 0.963 bits per heavy atom. The van der Waals surface area contributed by atoms with Crippen LogP contribution < -0.4 is 5.32 Å². The van der Waals surface area contributed by atoms with Crippen molar-refractivity contribution in [1.29, 1.82) is 0 Å². The second-order valence-corrected chi connectivity index (χ2v) is 7.00. The van der Waals surface area contributed by atoms with E-state index in [4.69, 9.17) is 0 Å². The Balaban J connectivity index is 2.28. The number of nitrogens with zero attached hydrogens (tertiary/aromatic N) is 1. The summed E-state index contributed by atoms with van der Waals surface area (Å²) in [6.07, 6.45) is 0.877. The molecule has 0 aliphatic carbocycles. The van der Waals surface area contributed by atoms with Crippen molar-refractivity contribution >= 4 is 11.8 Å². The van der Waals surface area contributed by atoms with E-state index in [2.05, 4.69) is 11.4 Å². The largest absolute Gasteiger partial charge is 0.355 e. The van der Waals surface area contributed by atoms with Crippen molar-refractivity contribution in [3.8, 4) is 0 Å². The Hall–Kier alpha value is -2.62. The first kappa shape index (κ1) is 20.7. The van der Waals surface area contributed by atoms with Crippen LogP contribution in [-0.2, 0) is 22.6 Å². The maximum Gasteiger partial charge on any atom is 0.242 e. The molecule has 1 unspecified atom stereocenters. The molecule has 2 aromatic rings. The van der Waals surface area contributed by atoms with Crippen molar-refractivity contribution in [1.82, 2.24) is 10.2 Å². The predicted molar refractivity (Wildman–Crippen MR) is 109 cm³/mol. The molecule has 4 heteroatoms. The number of likely N-dealkylation sites (N-methyl/N-ethyl adjacent to an activating group) is 1. The van der Waals surface area contributed by atoms with Crippen molar-refractivity contribution in [2.75, 3.05) is 6.54 Å². The van der Waals surface area contributed by atoms with Crippen LogP contribution in [0.2, 0.25) is 0 Å². The van der Waals surface area contributed by atoms with E-state index in [0.29, 0.717) is 25.9 Å². The molecule has 0 aliphatic heterocycles. The van der Waals surface area contributed by atoms with Gasteiger partial charge in [-0.1, -0.05) is 66.6 Å². The summed E-state index contributed by atoms with van der Waals surface area (Å²) in [4.78, 5) is 27.5. The number of carbonyl (C=O) groups is 2. The van der Waals surface area contributed by atoms with Crippen molar-refractivity contribution < 1.29 is 9.59 Å². The molecule has 0 bridgehead atoms.